The second-order valence-corrected chi connectivity index (χ2v) is 8.69. The van der Waals surface area contributed by atoms with E-state index in [-0.39, 0.29) is 35.2 Å². The molecule has 0 aliphatic heterocycles. The van der Waals surface area contributed by atoms with E-state index >= 15 is 0 Å². The maximum Gasteiger partial charge on any atom is 0.417 e. The Hall–Kier alpha value is -2.07. The molecule has 192 valence electrons. The maximum atomic E-state index is 12.7. The van der Waals surface area contributed by atoms with E-state index in [0.29, 0.717) is 46.8 Å². The molecule has 0 spiro atoms. The van der Waals surface area contributed by atoms with Crippen molar-refractivity contribution in [2.75, 3.05) is 26.9 Å². The van der Waals surface area contributed by atoms with Gasteiger partial charge in [-0.25, -0.2) is 4.98 Å². The second kappa shape index (κ2) is 13.9. The molecule has 13 heteroatoms. The quantitative estimate of drug-likeness (QED) is 0.147. The number of aromatic nitrogens is 1. The number of unbranched alkanes of at least 4 members (excludes halogenated alkanes) is 1. The van der Waals surface area contributed by atoms with E-state index in [0.717, 1.165) is 6.07 Å². The normalized spacial score (nSPS) is 11.7. The van der Waals surface area contributed by atoms with E-state index in [2.05, 4.69) is 10.1 Å². The van der Waals surface area contributed by atoms with Crippen molar-refractivity contribution in [3.05, 3.63) is 56.1 Å². The lowest BCUT2D eigenvalue weighted by Gasteiger charge is -2.13. The Balaban J connectivity index is 1.86. The van der Waals surface area contributed by atoms with Crippen LogP contribution in [0.15, 0.2) is 40.1 Å². The molecular weight excluding hydrogens is 555 g/mol. The van der Waals surface area contributed by atoms with Crippen LogP contribution >= 0.6 is 46.4 Å². The van der Waals surface area contributed by atoms with Crippen molar-refractivity contribution >= 4 is 52.1 Å². The molecule has 0 atom stereocenters. The molecular formula is C22H21Cl4F3N2O4. The van der Waals surface area contributed by atoms with Gasteiger partial charge in [-0.2, -0.15) is 13.2 Å². The predicted molar refractivity (Wildman–Crippen MR) is 130 cm³/mol. The van der Waals surface area contributed by atoms with Crippen molar-refractivity contribution < 1.29 is 32.2 Å². The van der Waals surface area contributed by atoms with Crippen LogP contribution in [-0.2, 0) is 11.0 Å². The van der Waals surface area contributed by atoms with Crippen molar-refractivity contribution in [1.29, 1.82) is 0 Å². The molecule has 1 heterocycles. The number of pyridine rings is 1. The summed E-state index contributed by atoms with van der Waals surface area (Å²) in [4.78, 5) is 8.97. The molecule has 0 saturated carbocycles. The van der Waals surface area contributed by atoms with E-state index < -0.39 is 11.7 Å². The Morgan fingerprint density at radius 3 is 2.40 bits per heavy atom. The highest BCUT2D eigenvalue weighted by Gasteiger charge is 2.31. The number of hydrogen-bond acceptors (Lipinski definition) is 6. The zero-order chi connectivity index (χ0) is 26.0. The molecule has 0 fully saturated rings. The van der Waals surface area contributed by atoms with Gasteiger partial charge in [0.05, 0.1) is 30.0 Å². The first kappa shape index (κ1) is 29.2. The molecule has 0 saturated heterocycles. The maximum absolute atomic E-state index is 12.7. The smallest absolute Gasteiger partial charge is 0.417 e. The molecule has 0 N–H and O–H groups in total. The molecule has 0 aliphatic rings. The summed E-state index contributed by atoms with van der Waals surface area (Å²) >= 11 is 23.2. The van der Waals surface area contributed by atoms with E-state index in [4.69, 9.17) is 65.5 Å². The van der Waals surface area contributed by atoms with Crippen molar-refractivity contribution in [3.8, 4) is 17.4 Å². The van der Waals surface area contributed by atoms with Gasteiger partial charge in [-0.3, -0.25) is 0 Å². The van der Waals surface area contributed by atoms with Crippen LogP contribution in [0.4, 0.5) is 13.2 Å². The van der Waals surface area contributed by atoms with Gasteiger partial charge in [0.25, 0.3) is 0 Å². The first-order valence-electron chi connectivity index (χ1n) is 10.1. The zero-order valence-electron chi connectivity index (χ0n) is 18.6. The highest BCUT2D eigenvalue weighted by molar-refractivity contribution is 6.55. The standard InChI is InChI=1S/C22H21Cl4F3N2O4/c1-13(16-10-15(33-8-5-19(25)26)11-17(23)20(16)32-2)31-35-7-4-3-6-34-21-18(24)9-14(12-30-21)22(27,28)29/h5,9-12H,3-4,6-8H2,1-2H3. The molecule has 0 aliphatic carbocycles. The van der Waals surface area contributed by atoms with E-state index in [1.54, 1.807) is 19.1 Å². The van der Waals surface area contributed by atoms with Crippen molar-refractivity contribution in [2.45, 2.75) is 25.9 Å². The Morgan fingerprint density at radius 1 is 1.06 bits per heavy atom. The highest BCUT2D eigenvalue weighted by atomic mass is 35.5. The van der Waals surface area contributed by atoms with Gasteiger partial charge in [-0.15, -0.1) is 0 Å². The molecule has 0 unspecified atom stereocenters. The summed E-state index contributed by atoms with van der Waals surface area (Å²) in [6.07, 6.45) is -1.28. The minimum atomic E-state index is -4.52. The third-order valence-corrected chi connectivity index (χ3v) is 5.16. The lowest BCUT2D eigenvalue weighted by atomic mass is 10.1. The highest BCUT2D eigenvalue weighted by Crippen LogP contribution is 2.34. The van der Waals surface area contributed by atoms with E-state index in [9.17, 15) is 13.2 Å². The third-order valence-electron chi connectivity index (χ3n) is 4.30. The fraction of sp³-hybridized carbons (Fsp3) is 0.364. The summed E-state index contributed by atoms with van der Waals surface area (Å²) in [7, 11) is 1.48. The molecule has 1 aromatic carbocycles. The number of oxime groups is 1. The number of methoxy groups -OCH3 is 1. The zero-order valence-corrected chi connectivity index (χ0v) is 21.6. The average molecular weight is 576 g/mol. The van der Waals surface area contributed by atoms with Crippen LogP contribution in [0.25, 0.3) is 0 Å². The van der Waals surface area contributed by atoms with Crippen LogP contribution < -0.4 is 14.2 Å². The number of rotatable bonds is 12. The van der Waals surface area contributed by atoms with Crippen molar-refractivity contribution in [1.82, 2.24) is 4.98 Å². The van der Waals surface area contributed by atoms with E-state index in [1.165, 1.54) is 13.2 Å². The number of halogens is 7. The molecule has 2 aromatic rings. The van der Waals surface area contributed by atoms with Crippen LogP contribution in [0.3, 0.4) is 0 Å². The van der Waals surface area contributed by atoms with Gasteiger partial charge in [0.2, 0.25) is 5.88 Å². The third kappa shape index (κ3) is 9.48. The summed E-state index contributed by atoms with van der Waals surface area (Å²) < 4.78 is 54.3. The van der Waals surface area contributed by atoms with Crippen LogP contribution in [0.5, 0.6) is 17.4 Å². The summed E-state index contributed by atoms with van der Waals surface area (Å²) in [6.45, 7) is 2.31. The first-order valence-corrected chi connectivity index (χ1v) is 11.6. The number of nitrogens with zero attached hydrogens (tertiary/aromatic N) is 2. The van der Waals surface area contributed by atoms with Gasteiger partial charge in [0.1, 0.15) is 34.2 Å². The molecule has 35 heavy (non-hydrogen) atoms. The fourth-order valence-corrected chi connectivity index (χ4v) is 3.28. The Bertz CT molecular complexity index is 1060. The second-order valence-electron chi connectivity index (χ2n) is 6.86. The minimum absolute atomic E-state index is 0.0654. The Morgan fingerprint density at radius 2 is 1.77 bits per heavy atom. The van der Waals surface area contributed by atoms with Crippen LogP contribution in [-0.4, -0.2) is 37.6 Å². The van der Waals surface area contributed by atoms with Gasteiger partial charge >= 0.3 is 6.18 Å². The molecule has 2 rings (SSSR count). The monoisotopic (exact) mass is 574 g/mol. The largest absolute Gasteiger partial charge is 0.494 e. The topological polar surface area (TPSA) is 62.2 Å². The molecule has 0 bridgehead atoms. The first-order chi connectivity index (χ1) is 16.5. The summed E-state index contributed by atoms with van der Waals surface area (Å²) in [5, 5.41) is 4.20. The number of ether oxygens (including phenoxy) is 3. The Labute approximate surface area is 220 Å². The fourth-order valence-electron chi connectivity index (χ4n) is 2.64. The van der Waals surface area contributed by atoms with Gasteiger partial charge in [0, 0.05) is 17.8 Å². The van der Waals surface area contributed by atoms with Crippen LogP contribution in [0.1, 0.15) is 30.9 Å². The molecule has 6 nitrogen and oxygen atoms in total. The molecule has 0 amide bonds. The van der Waals surface area contributed by atoms with Gasteiger partial charge in [-0.05, 0) is 38.0 Å². The SMILES string of the molecule is COc1c(Cl)cc(OCC=C(Cl)Cl)cc1C(C)=NOCCCCOc1ncc(C(F)(F)F)cc1Cl. The lowest BCUT2D eigenvalue weighted by Crippen LogP contribution is -2.07. The average Bonchev–Trinajstić information content (AvgIpc) is 2.77. The van der Waals surface area contributed by atoms with Gasteiger partial charge < -0.3 is 19.0 Å². The van der Waals surface area contributed by atoms with Crippen molar-refractivity contribution in [3.63, 3.8) is 0 Å². The lowest BCUT2D eigenvalue weighted by molar-refractivity contribution is -0.137. The Kier molecular flexibility index (Phi) is 11.6. The van der Waals surface area contributed by atoms with Gasteiger partial charge in [0.15, 0.2) is 0 Å². The minimum Gasteiger partial charge on any atom is -0.494 e. The molecule has 0 radical (unpaired) electrons. The van der Waals surface area contributed by atoms with Crippen LogP contribution in [0, 0.1) is 0 Å². The number of benzene rings is 1. The summed E-state index contributed by atoms with van der Waals surface area (Å²) in [6, 6.07) is 4.05. The van der Waals surface area contributed by atoms with Crippen molar-refractivity contribution in [2.24, 2.45) is 5.16 Å². The van der Waals surface area contributed by atoms with Crippen LogP contribution in [0.2, 0.25) is 10.0 Å². The summed E-state index contributed by atoms with van der Waals surface area (Å²) in [5.41, 5.74) is 0.127. The summed E-state index contributed by atoms with van der Waals surface area (Å²) in [5.74, 6) is 0.798. The predicted octanol–water partition coefficient (Wildman–Crippen LogP) is 7.71. The number of alkyl halides is 3. The van der Waals surface area contributed by atoms with E-state index in [1.807, 2.05) is 0 Å². The van der Waals surface area contributed by atoms with Gasteiger partial charge in [-0.1, -0.05) is 51.6 Å². The number of hydrogen-bond donors (Lipinski definition) is 0. The molecule has 1 aromatic heterocycles.